The molecule has 0 radical (unpaired) electrons. The molecule has 1 saturated carbocycles. The van der Waals surface area contributed by atoms with E-state index < -0.39 is 0 Å². The summed E-state index contributed by atoms with van der Waals surface area (Å²) in [7, 11) is 1.74. The van der Waals surface area contributed by atoms with Gasteiger partial charge in [-0.05, 0) is 17.9 Å². The number of halogens is 1. The number of rotatable bonds is 4. The van der Waals surface area contributed by atoms with E-state index in [1.165, 1.54) is 4.88 Å². The van der Waals surface area contributed by atoms with Gasteiger partial charge in [-0.3, -0.25) is 0 Å². The monoisotopic (exact) mass is 276 g/mol. The highest BCUT2D eigenvalue weighted by Gasteiger charge is 2.40. The maximum atomic E-state index is 5.75. The van der Waals surface area contributed by atoms with E-state index in [-0.39, 0.29) is 12.2 Å². The zero-order valence-corrected chi connectivity index (χ0v) is 10.4. The summed E-state index contributed by atoms with van der Waals surface area (Å²) in [5.41, 5.74) is 0. The quantitative estimate of drug-likeness (QED) is 0.788. The highest BCUT2D eigenvalue weighted by atomic mass is 79.9. The third-order valence-electron chi connectivity index (χ3n) is 2.47. The molecule has 1 fully saturated rings. The Hall–Kier alpha value is 0.100. The van der Waals surface area contributed by atoms with Crippen LogP contribution >= 0.6 is 27.3 Å². The van der Waals surface area contributed by atoms with Crippen molar-refractivity contribution in [3.8, 4) is 0 Å². The van der Waals surface area contributed by atoms with E-state index in [0.717, 1.165) is 6.42 Å². The molecule has 1 aliphatic carbocycles. The molecule has 78 valence electrons. The van der Waals surface area contributed by atoms with Gasteiger partial charge >= 0.3 is 0 Å². The van der Waals surface area contributed by atoms with Crippen molar-refractivity contribution < 1.29 is 9.47 Å². The lowest BCUT2D eigenvalue weighted by atomic mass is 9.91. The van der Waals surface area contributed by atoms with Gasteiger partial charge in [0.25, 0.3) is 0 Å². The molecule has 0 bridgehead atoms. The van der Waals surface area contributed by atoms with E-state index in [1.54, 1.807) is 18.4 Å². The van der Waals surface area contributed by atoms with Crippen LogP contribution in [0.3, 0.4) is 0 Å². The molecule has 1 aromatic rings. The molecule has 0 aliphatic heterocycles. The number of hydrogen-bond acceptors (Lipinski definition) is 3. The van der Waals surface area contributed by atoms with Crippen molar-refractivity contribution in [3.05, 3.63) is 22.4 Å². The second kappa shape index (κ2) is 4.75. The lowest BCUT2D eigenvalue weighted by molar-refractivity contribution is -0.112. The Labute approximate surface area is 96.4 Å². The van der Waals surface area contributed by atoms with E-state index >= 15 is 0 Å². The van der Waals surface area contributed by atoms with Gasteiger partial charge in [-0.1, -0.05) is 22.0 Å². The van der Waals surface area contributed by atoms with Gasteiger partial charge in [0.05, 0.1) is 18.8 Å². The number of hydrogen-bond donors (Lipinski definition) is 0. The van der Waals surface area contributed by atoms with E-state index in [9.17, 15) is 0 Å². The van der Waals surface area contributed by atoms with E-state index in [2.05, 4.69) is 27.4 Å². The first kappa shape index (κ1) is 10.6. The summed E-state index contributed by atoms with van der Waals surface area (Å²) in [6, 6.07) is 4.14. The number of thiophene rings is 1. The molecular weight excluding hydrogens is 264 g/mol. The van der Waals surface area contributed by atoms with E-state index in [1.807, 2.05) is 6.07 Å². The molecule has 3 unspecified atom stereocenters. The van der Waals surface area contributed by atoms with E-state index in [0.29, 0.717) is 11.4 Å². The summed E-state index contributed by atoms with van der Waals surface area (Å²) in [5, 5.41) is 2.07. The molecule has 4 heteroatoms. The topological polar surface area (TPSA) is 18.5 Å². The SMILES string of the molecule is COC1C(Br)CC1OCc1cccs1. The van der Waals surface area contributed by atoms with Gasteiger partial charge in [0.2, 0.25) is 0 Å². The van der Waals surface area contributed by atoms with Crippen molar-refractivity contribution in [1.82, 2.24) is 0 Å². The van der Waals surface area contributed by atoms with Crippen LogP contribution in [0.2, 0.25) is 0 Å². The fourth-order valence-electron chi connectivity index (χ4n) is 1.57. The lowest BCUT2D eigenvalue weighted by Crippen LogP contribution is -2.50. The molecule has 14 heavy (non-hydrogen) atoms. The normalized spacial score (nSPS) is 31.4. The molecule has 1 aliphatic rings. The molecule has 2 rings (SSSR count). The highest BCUT2D eigenvalue weighted by Crippen LogP contribution is 2.33. The third-order valence-corrected chi connectivity index (χ3v) is 4.22. The Morgan fingerprint density at radius 1 is 1.64 bits per heavy atom. The van der Waals surface area contributed by atoms with Crippen molar-refractivity contribution in [1.29, 1.82) is 0 Å². The minimum absolute atomic E-state index is 0.218. The summed E-state index contributed by atoms with van der Waals surface area (Å²) in [6.07, 6.45) is 1.52. The van der Waals surface area contributed by atoms with Crippen molar-refractivity contribution in [2.75, 3.05) is 7.11 Å². The highest BCUT2D eigenvalue weighted by molar-refractivity contribution is 9.09. The molecule has 0 aromatic carbocycles. The Bertz CT molecular complexity index is 276. The van der Waals surface area contributed by atoms with Crippen molar-refractivity contribution in [2.45, 2.75) is 30.1 Å². The molecule has 2 nitrogen and oxygen atoms in total. The predicted molar refractivity (Wildman–Crippen MR) is 61.0 cm³/mol. The molecule has 0 N–H and O–H groups in total. The summed E-state index contributed by atoms with van der Waals surface area (Å²) >= 11 is 5.28. The molecular formula is C10H13BrO2S. The average Bonchev–Trinajstić information content (AvgIpc) is 2.65. The van der Waals surface area contributed by atoms with Crippen molar-refractivity contribution in [2.24, 2.45) is 0 Å². The largest absolute Gasteiger partial charge is 0.378 e. The second-order valence-electron chi connectivity index (χ2n) is 3.38. The van der Waals surface area contributed by atoms with Crippen molar-refractivity contribution >= 4 is 27.3 Å². The molecule has 0 spiro atoms. The minimum atomic E-state index is 0.218. The van der Waals surface area contributed by atoms with Crippen LogP contribution in [0.1, 0.15) is 11.3 Å². The fraction of sp³-hybridized carbons (Fsp3) is 0.600. The molecule has 1 aromatic heterocycles. The van der Waals surface area contributed by atoms with Gasteiger partial charge in [0, 0.05) is 16.8 Å². The first-order chi connectivity index (χ1) is 6.81. The van der Waals surface area contributed by atoms with Gasteiger partial charge in [-0.2, -0.15) is 0 Å². The summed E-state index contributed by atoms with van der Waals surface area (Å²) in [6.45, 7) is 0.710. The van der Waals surface area contributed by atoms with Crippen LogP contribution in [0, 0.1) is 0 Å². The van der Waals surface area contributed by atoms with Gasteiger partial charge in [0.1, 0.15) is 0 Å². The Kier molecular flexibility index (Phi) is 3.60. The standard InChI is InChI=1S/C10H13BrO2S/c1-12-10-8(11)5-9(10)13-6-7-3-2-4-14-7/h2-4,8-10H,5-6H2,1H3. The Balaban J connectivity index is 1.77. The maximum absolute atomic E-state index is 5.75. The molecule has 1 heterocycles. The van der Waals surface area contributed by atoms with Gasteiger partial charge in [0.15, 0.2) is 0 Å². The van der Waals surface area contributed by atoms with Crippen LogP contribution in [0.25, 0.3) is 0 Å². The number of alkyl halides is 1. The Morgan fingerprint density at radius 3 is 3.07 bits per heavy atom. The number of ether oxygens (including phenoxy) is 2. The first-order valence-electron chi connectivity index (χ1n) is 4.62. The van der Waals surface area contributed by atoms with Gasteiger partial charge < -0.3 is 9.47 Å². The average molecular weight is 277 g/mol. The smallest absolute Gasteiger partial charge is 0.0959 e. The van der Waals surface area contributed by atoms with Gasteiger partial charge in [-0.25, -0.2) is 0 Å². The van der Waals surface area contributed by atoms with Crippen LogP contribution in [0.15, 0.2) is 17.5 Å². The predicted octanol–water partition coefficient (Wildman–Crippen LogP) is 2.82. The fourth-order valence-corrected chi connectivity index (χ4v) is 3.12. The van der Waals surface area contributed by atoms with Crippen LogP contribution < -0.4 is 0 Å². The summed E-state index contributed by atoms with van der Waals surface area (Å²) in [4.78, 5) is 1.73. The van der Waals surface area contributed by atoms with Crippen LogP contribution in [-0.2, 0) is 16.1 Å². The second-order valence-corrected chi connectivity index (χ2v) is 5.59. The van der Waals surface area contributed by atoms with Crippen LogP contribution in [-0.4, -0.2) is 24.1 Å². The van der Waals surface area contributed by atoms with Gasteiger partial charge in [-0.15, -0.1) is 11.3 Å². The first-order valence-corrected chi connectivity index (χ1v) is 6.41. The third kappa shape index (κ3) is 2.19. The zero-order valence-electron chi connectivity index (χ0n) is 7.98. The van der Waals surface area contributed by atoms with Crippen LogP contribution in [0.4, 0.5) is 0 Å². The number of methoxy groups -OCH3 is 1. The summed E-state index contributed by atoms with van der Waals surface area (Å²) < 4.78 is 11.1. The molecule has 0 saturated heterocycles. The Morgan fingerprint density at radius 2 is 2.50 bits per heavy atom. The summed E-state index contributed by atoms with van der Waals surface area (Å²) in [5.74, 6) is 0. The zero-order chi connectivity index (χ0) is 9.97. The lowest BCUT2D eigenvalue weighted by Gasteiger charge is -2.39. The van der Waals surface area contributed by atoms with E-state index in [4.69, 9.17) is 9.47 Å². The molecule has 0 amide bonds. The van der Waals surface area contributed by atoms with Crippen LogP contribution in [0.5, 0.6) is 0 Å². The minimum Gasteiger partial charge on any atom is -0.378 e. The maximum Gasteiger partial charge on any atom is 0.0959 e. The molecule has 3 atom stereocenters. The van der Waals surface area contributed by atoms with Crippen molar-refractivity contribution in [3.63, 3.8) is 0 Å².